The molecule has 29 heavy (non-hydrogen) atoms. The van der Waals surface area contributed by atoms with Gasteiger partial charge in [-0.3, -0.25) is 30.3 Å². The molecule has 0 radical (unpaired) electrons. The highest BCUT2D eigenvalue weighted by molar-refractivity contribution is 6.31. The van der Waals surface area contributed by atoms with E-state index in [1.54, 1.807) is 0 Å². The number of barbiturate groups is 1. The van der Waals surface area contributed by atoms with Crippen LogP contribution in [0.4, 0.5) is 10.5 Å². The fourth-order valence-corrected chi connectivity index (χ4v) is 2.61. The smallest absolute Gasteiger partial charge is 0.328 e. The molecule has 0 spiro atoms. The quantitative estimate of drug-likeness (QED) is 0.329. The molecule has 1 aliphatic rings. The first-order valence-electron chi connectivity index (χ1n) is 8.30. The fourth-order valence-electron chi connectivity index (χ4n) is 2.61. The Hall–Kier alpha value is -4.21. The summed E-state index contributed by atoms with van der Waals surface area (Å²) < 4.78 is 10.9. The summed E-state index contributed by atoms with van der Waals surface area (Å²) in [6.07, 6.45) is 1.01. The van der Waals surface area contributed by atoms with E-state index >= 15 is 0 Å². The van der Waals surface area contributed by atoms with Crippen molar-refractivity contribution in [1.82, 2.24) is 10.6 Å². The molecule has 2 aromatic carbocycles. The van der Waals surface area contributed by atoms with E-state index in [0.717, 1.165) is 17.7 Å². The maximum absolute atomic E-state index is 11.9. The molecule has 1 heterocycles. The van der Waals surface area contributed by atoms with Crippen LogP contribution in [-0.2, 0) is 16.2 Å². The summed E-state index contributed by atoms with van der Waals surface area (Å²) in [6.45, 7) is 0.154. The number of nitrogens with zero attached hydrogens (tertiary/aromatic N) is 1. The molecule has 0 aliphatic carbocycles. The van der Waals surface area contributed by atoms with Gasteiger partial charge in [0, 0.05) is 0 Å². The molecule has 0 bridgehead atoms. The molecule has 2 N–H and O–H groups in total. The number of methoxy groups -OCH3 is 1. The van der Waals surface area contributed by atoms with E-state index in [1.165, 1.54) is 13.2 Å². The Bertz CT molecular complexity index is 1010. The standard InChI is InChI=1S/C19H15N3O7/c1-28-15-8-12(7-13-17(23)20-19(25)21-18(13)24)14(22(26)27)9-16(15)29-10-11-5-3-2-4-6-11/h2-9H,10H2,1H3,(H2,20,21,23,24,25). The Morgan fingerprint density at radius 3 is 2.28 bits per heavy atom. The number of nitro benzene ring substituents is 1. The number of benzene rings is 2. The van der Waals surface area contributed by atoms with Gasteiger partial charge < -0.3 is 9.47 Å². The summed E-state index contributed by atoms with van der Waals surface area (Å²) in [5.41, 5.74) is -0.0660. The van der Waals surface area contributed by atoms with Gasteiger partial charge in [0.05, 0.1) is 23.7 Å². The molecule has 0 aromatic heterocycles. The fraction of sp³-hybridized carbons (Fsp3) is 0.105. The van der Waals surface area contributed by atoms with Crippen molar-refractivity contribution >= 4 is 29.6 Å². The van der Waals surface area contributed by atoms with E-state index in [0.29, 0.717) is 0 Å². The lowest BCUT2D eigenvalue weighted by Crippen LogP contribution is -2.51. The van der Waals surface area contributed by atoms with Gasteiger partial charge in [-0.2, -0.15) is 0 Å². The molecular formula is C19H15N3O7. The normalized spacial score (nSPS) is 13.4. The van der Waals surface area contributed by atoms with Gasteiger partial charge in [-0.1, -0.05) is 30.3 Å². The molecule has 1 aliphatic heterocycles. The molecule has 0 saturated carbocycles. The average Bonchev–Trinajstić information content (AvgIpc) is 2.69. The molecule has 3 rings (SSSR count). The average molecular weight is 397 g/mol. The molecule has 1 fully saturated rings. The number of urea groups is 1. The third-order valence-corrected chi connectivity index (χ3v) is 3.99. The van der Waals surface area contributed by atoms with E-state index < -0.39 is 34.0 Å². The van der Waals surface area contributed by atoms with Crippen molar-refractivity contribution in [1.29, 1.82) is 0 Å². The highest BCUT2D eigenvalue weighted by Gasteiger charge is 2.29. The van der Waals surface area contributed by atoms with Crippen molar-refractivity contribution in [2.45, 2.75) is 6.61 Å². The van der Waals surface area contributed by atoms with E-state index in [1.807, 2.05) is 41.0 Å². The highest BCUT2D eigenvalue weighted by atomic mass is 16.6. The highest BCUT2D eigenvalue weighted by Crippen LogP contribution is 2.36. The van der Waals surface area contributed by atoms with Crippen LogP contribution in [0.1, 0.15) is 11.1 Å². The van der Waals surface area contributed by atoms with Crippen LogP contribution in [0.2, 0.25) is 0 Å². The van der Waals surface area contributed by atoms with Crippen LogP contribution < -0.4 is 20.1 Å². The van der Waals surface area contributed by atoms with Crippen LogP contribution >= 0.6 is 0 Å². The monoisotopic (exact) mass is 397 g/mol. The summed E-state index contributed by atoms with van der Waals surface area (Å²) in [4.78, 5) is 45.8. The predicted octanol–water partition coefficient (Wildman–Crippen LogP) is 1.93. The van der Waals surface area contributed by atoms with Crippen LogP contribution in [-0.4, -0.2) is 29.9 Å². The van der Waals surface area contributed by atoms with Gasteiger partial charge in [-0.25, -0.2) is 4.79 Å². The number of amides is 4. The zero-order valence-electron chi connectivity index (χ0n) is 15.1. The summed E-state index contributed by atoms with van der Waals surface area (Å²) in [5, 5.41) is 15.3. The largest absolute Gasteiger partial charge is 0.493 e. The van der Waals surface area contributed by atoms with Gasteiger partial charge in [0.1, 0.15) is 12.2 Å². The number of hydrogen-bond acceptors (Lipinski definition) is 7. The molecular weight excluding hydrogens is 382 g/mol. The van der Waals surface area contributed by atoms with Gasteiger partial charge in [-0.05, 0) is 17.7 Å². The Morgan fingerprint density at radius 1 is 1.03 bits per heavy atom. The molecule has 2 aromatic rings. The second-order valence-corrected chi connectivity index (χ2v) is 5.89. The lowest BCUT2D eigenvalue weighted by atomic mass is 10.1. The Morgan fingerprint density at radius 2 is 1.69 bits per heavy atom. The van der Waals surface area contributed by atoms with Crippen molar-refractivity contribution < 1.29 is 28.8 Å². The predicted molar refractivity (Wildman–Crippen MR) is 100 cm³/mol. The maximum Gasteiger partial charge on any atom is 0.328 e. The van der Waals surface area contributed by atoms with Gasteiger partial charge in [0.15, 0.2) is 11.5 Å². The minimum Gasteiger partial charge on any atom is -0.493 e. The molecule has 4 amide bonds. The number of hydrogen-bond donors (Lipinski definition) is 2. The van der Waals surface area contributed by atoms with Crippen molar-refractivity contribution in [3.05, 3.63) is 69.3 Å². The zero-order chi connectivity index (χ0) is 21.0. The van der Waals surface area contributed by atoms with Crippen LogP contribution in [0.3, 0.4) is 0 Å². The first-order valence-corrected chi connectivity index (χ1v) is 8.30. The van der Waals surface area contributed by atoms with Crippen molar-refractivity contribution in [3.63, 3.8) is 0 Å². The molecule has 148 valence electrons. The van der Waals surface area contributed by atoms with Crippen molar-refractivity contribution in [2.75, 3.05) is 7.11 Å². The van der Waals surface area contributed by atoms with Crippen molar-refractivity contribution in [3.8, 4) is 11.5 Å². The van der Waals surface area contributed by atoms with E-state index in [9.17, 15) is 24.5 Å². The second-order valence-electron chi connectivity index (χ2n) is 5.89. The molecule has 1 saturated heterocycles. The molecule has 10 heteroatoms. The first kappa shape index (κ1) is 19.5. The van der Waals surface area contributed by atoms with Crippen LogP contribution in [0, 0.1) is 10.1 Å². The number of carbonyl (C=O) groups excluding carboxylic acids is 3. The lowest BCUT2D eigenvalue weighted by molar-refractivity contribution is -0.385. The third-order valence-electron chi connectivity index (χ3n) is 3.99. The van der Waals surface area contributed by atoms with E-state index in [4.69, 9.17) is 9.47 Å². The Kier molecular flexibility index (Phi) is 5.54. The Labute approximate surface area is 164 Å². The number of ether oxygens (including phenoxy) is 2. The topological polar surface area (TPSA) is 137 Å². The number of nitro groups is 1. The van der Waals surface area contributed by atoms with Crippen LogP contribution in [0.25, 0.3) is 6.08 Å². The number of nitrogens with one attached hydrogen (secondary N) is 2. The molecule has 0 atom stereocenters. The van der Waals surface area contributed by atoms with E-state index in [2.05, 4.69) is 0 Å². The molecule has 10 nitrogen and oxygen atoms in total. The number of rotatable bonds is 6. The first-order chi connectivity index (χ1) is 13.9. The van der Waals surface area contributed by atoms with Gasteiger partial charge in [-0.15, -0.1) is 0 Å². The SMILES string of the molecule is COc1cc(C=C2C(=O)NC(=O)NC2=O)c([N+](=O)[O-])cc1OCc1ccccc1. The van der Waals surface area contributed by atoms with E-state index in [-0.39, 0.29) is 23.7 Å². The maximum atomic E-state index is 11.9. The summed E-state index contributed by atoms with van der Waals surface area (Å²) in [7, 11) is 1.35. The summed E-state index contributed by atoms with van der Waals surface area (Å²) >= 11 is 0. The molecule has 0 unspecified atom stereocenters. The van der Waals surface area contributed by atoms with Crippen LogP contribution in [0.15, 0.2) is 48.0 Å². The van der Waals surface area contributed by atoms with Crippen LogP contribution in [0.5, 0.6) is 11.5 Å². The van der Waals surface area contributed by atoms with Gasteiger partial charge in [0.25, 0.3) is 17.5 Å². The number of carbonyl (C=O) groups is 3. The third kappa shape index (κ3) is 4.38. The van der Waals surface area contributed by atoms with Crippen molar-refractivity contribution in [2.24, 2.45) is 0 Å². The summed E-state index contributed by atoms with van der Waals surface area (Å²) in [6, 6.07) is 10.6. The van der Waals surface area contributed by atoms with Gasteiger partial charge >= 0.3 is 6.03 Å². The zero-order valence-corrected chi connectivity index (χ0v) is 15.1. The van der Waals surface area contributed by atoms with Gasteiger partial charge in [0.2, 0.25) is 0 Å². The Balaban J connectivity index is 1.99. The summed E-state index contributed by atoms with van der Waals surface area (Å²) in [5.74, 6) is -1.63. The number of imide groups is 2. The second kappa shape index (κ2) is 8.21. The lowest BCUT2D eigenvalue weighted by Gasteiger charge is -2.15. The minimum absolute atomic E-state index is 0.0615. The minimum atomic E-state index is -0.964.